The maximum absolute atomic E-state index is 14.3. The number of pyridine rings is 1. The van der Waals surface area contributed by atoms with Crippen molar-refractivity contribution in [1.82, 2.24) is 14.8 Å². The van der Waals surface area contributed by atoms with Crippen LogP contribution in [0.1, 0.15) is 56.1 Å². The lowest BCUT2D eigenvalue weighted by Crippen LogP contribution is -2.46. The van der Waals surface area contributed by atoms with E-state index < -0.39 is 0 Å². The molecule has 1 aromatic carbocycles. The molecule has 4 rings (SSSR count). The molecule has 2 fully saturated rings. The van der Waals surface area contributed by atoms with Gasteiger partial charge in [0.25, 0.3) is 0 Å². The molecule has 2 aromatic rings. The number of halogens is 1. The Balaban J connectivity index is 1.43. The molecule has 2 heterocycles. The van der Waals surface area contributed by atoms with Gasteiger partial charge in [0, 0.05) is 50.2 Å². The van der Waals surface area contributed by atoms with E-state index in [4.69, 9.17) is 0 Å². The molecule has 0 amide bonds. The summed E-state index contributed by atoms with van der Waals surface area (Å²) in [6, 6.07) is 12.1. The lowest BCUT2D eigenvalue weighted by molar-refractivity contribution is 0.0769. The molecule has 156 valence electrons. The first-order valence-electron chi connectivity index (χ1n) is 11.4. The van der Waals surface area contributed by atoms with Gasteiger partial charge in [-0.15, -0.1) is 0 Å². The molecule has 1 aliphatic carbocycles. The molecular weight excluding hydrogens is 361 g/mol. The standard InChI is InChI=1S/C25H34FN3/c26-25-13-5-4-10-23(25)20-28(17-21-8-6-14-27-16-21)18-22-9-7-15-29(19-22)24-11-2-1-3-12-24/h4-6,8,10,13-14,16,22,24H,1-3,7,9,11-12,15,17-20H2. The molecule has 0 radical (unpaired) electrons. The van der Waals surface area contributed by atoms with Crippen LogP contribution >= 0.6 is 0 Å². The molecule has 1 atom stereocenters. The third-order valence-electron chi connectivity index (χ3n) is 6.64. The Labute approximate surface area is 174 Å². The number of rotatable bonds is 7. The molecule has 0 bridgehead atoms. The van der Waals surface area contributed by atoms with Gasteiger partial charge in [-0.2, -0.15) is 0 Å². The van der Waals surface area contributed by atoms with Crippen LogP contribution in [0.5, 0.6) is 0 Å². The Kier molecular flexibility index (Phi) is 7.28. The van der Waals surface area contributed by atoms with Crippen LogP contribution in [-0.4, -0.2) is 40.5 Å². The highest BCUT2D eigenvalue weighted by molar-refractivity contribution is 5.17. The van der Waals surface area contributed by atoms with Gasteiger partial charge in [-0.25, -0.2) is 4.39 Å². The molecule has 1 aliphatic heterocycles. The Morgan fingerprint density at radius 3 is 2.62 bits per heavy atom. The molecule has 2 aliphatic rings. The highest BCUT2D eigenvalue weighted by Crippen LogP contribution is 2.28. The number of hydrogen-bond donors (Lipinski definition) is 0. The van der Waals surface area contributed by atoms with Gasteiger partial charge in [-0.1, -0.05) is 43.5 Å². The van der Waals surface area contributed by atoms with Gasteiger partial charge in [0.05, 0.1) is 0 Å². The monoisotopic (exact) mass is 395 g/mol. The number of nitrogens with zero attached hydrogens (tertiary/aromatic N) is 3. The van der Waals surface area contributed by atoms with Crippen LogP contribution in [0, 0.1) is 11.7 Å². The quantitative estimate of drug-likeness (QED) is 0.637. The second-order valence-electron chi connectivity index (χ2n) is 8.92. The Morgan fingerprint density at radius 1 is 0.966 bits per heavy atom. The van der Waals surface area contributed by atoms with Crippen molar-refractivity contribution in [2.24, 2.45) is 5.92 Å². The van der Waals surface area contributed by atoms with Crippen molar-refractivity contribution in [2.75, 3.05) is 19.6 Å². The predicted octanol–water partition coefficient (Wildman–Crippen LogP) is 5.27. The number of piperidine rings is 1. The summed E-state index contributed by atoms with van der Waals surface area (Å²) >= 11 is 0. The van der Waals surface area contributed by atoms with Crippen molar-refractivity contribution in [3.8, 4) is 0 Å². The van der Waals surface area contributed by atoms with E-state index >= 15 is 0 Å². The van der Waals surface area contributed by atoms with Crippen molar-refractivity contribution in [2.45, 2.75) is 64.1 Å². The highest BCUT2D eigenvalue weighted by Gasteiger charge is 2.28. The molecule has 4 heteroatoms. The van der Waals surface area contributed by atoms with Crippen molar-refractivity contribution in [3.63, 3.8) is 0 Å². The maximum atomic E-state index is 14.3. The molecule has 1 unspecified atom stereocenters. The molecule has 1 aromatic heterocycles. The first-order chi connectivity index (χ1) is 14.3. The molecule has 1 saturated heterocycles. The van der Waals surface area contributed by atoms with Crippen molar-refractivity contribution >= 4 is 0 Å². The Bertz CT molecular complexity index is 745. The number of hydrogen-bond acceptors (Lipinski definition) is 3. The first kappa shape index (κ1) is 20.5. The number of benzene rings is 1. The lowest BCUT2D eigenvalue weighted by atomic mass is 9.90. The third kappa shape index (κ3) is 5.86. The fraction of sp³-hybridized carbons (Fsp3) is 0.560. The Morgan fingerprint density at radius 2 is 1.83 bits per heavy atom. The van der Waals surface area contributed by atoms with Crippen LogP contribution < -0.4 is 0 Å². The van der Waals surface area contributed by atoms with Crippen LogP contribution in [0.15, 0.2) is 48.8 Å². The van der Waals surface area contributed by atoms with Gasteiger partial charge < -0.3 is 4.90 Å². The summed E-state index contributed by atoms with van der Waals surface area (Å²) in [5.41, 5.74) is 1.99. The smallest absolute Gasteiger partial charge is 0.127 e. The van der Waals surface area contributed by atoms with Crippen molar-refractivity contribution in [1.29, 1.82) is 0 Å². The minimum absolute atomic E-state index is 0.101. The summed E-state index contributed by atoms with van der Waals surface area (Å²) in [4.78, 5) is 9.46. The zero-order valence-corrected chi connectivity index (χ0v) is 17.5. The van der Waals surface area contributed by atoms with E-state index in [0.717, 1.165) is 24.7 Å². The van der Waals surface area contributed by atoms with E-state index in [2.05, 4.69) is 20.9 Å². The van der Waals surface area contributed by atoms with Gasteiger partial charge >= 0.3 is 0 Å². The van der Waals surface area contributed by atoms with Gasteiger partial charge in [0.1, 0.15) is 5.82 Å². The summed E-state index contributed by atoms with van der Waals surface area (Å²) in [5.74, 6) is 0.560. The molecule has 0 spiro atoms. The summed E-state index contributed by atoms with van der Waals surface area (Å²) in [6.45, 7) is 4.96. The summed E-state index contributed by atoms with van der Waals surface area (Å²) in [6.07, 6.45) is 13.3. The van der Waals surface area contributed by atoms with E-state index in [1.165, 1.54) is 63.6 Å². The largest absolute Gasteiger partial charge is 0.300 e. The zero-order valence-electron chi connectivity index (χ0n) is 17.5. The number of likely N-dealkylation sites (tertiary alicyclic amines) is 1. The highest BCUT2D eigenvalue weighted by atomic mass is 19.1. The second kappa shape index (κ2) is 10.3. The van der Waals surface area contributed by atoms with E-state index in [0.29, 0.717) is 12.5 Å². The lowest BCUT2D eigenvalue weighted by Gasteiger charge is -2.41. The van der Waals surface area contributed by atoms with Crippen LogP contribution in [-0.2, 0) is 13.1 Å². The topological polar surface area (TPSA) is 19.4 Å². The fourth-order valence-corrected chi connectivity index (χ4v) is 5.19. The average Bonchev–Trinajstić information content (AvgIpc) is 2.77. The predicted molar refractivity (Wildman–Crippen MR) is 116 cm³/mol. The SMILES string of the molecule is Fc1ccccc1CN(Cc1cccnc1)CC1CCCN(C2CCCCC2)C1. The Hall–Kier alpha value is -1.78. The molecule has 1 saturated carbocycles. The molecule has 29 heavy (non-hydrogen) atoms. The van der Waals surface area contributed by atoms with Gasteiger partial charge in [-0.05, 0) is 55.8 Å². The average molecular weight is 396 g/mol. The van der Waals surface area contributed by atoms with Crippen molar-refractivity contribution < 1.29 is 4.39 Å². The molecule has 3 nitrogen and oxygen atoms in total. The normalized spacial score (nSPS) is 21.5. The van der Waals surface area contributed by atoms with Gasteiger partial charge in [0.2, 0.25) is 0 Å². The summed E-state index contributed by atoms with van der Waals surface area (Å²) in [5, 5.41) is 0. The van der Waals surface area contributed by atoms with Gasteiger partial charge in [-0.3, -0.25) is 9.88 Å². The van der Waals surface area contributed by atoms with E-state index in [1.54, 1.807) is 12.1 Å². The van der Waals surface area contributed by atoms with Gasteiger partial charge in [0.15, 0.2) is 0 Å². The summed E-state index contributed by atoms with van der Waals surface area (Å²) < 4.78 is 14.3. The summed E-state index contributed by atoms with van der Waals surface area (Å²) in [7, 11) is 0. The molecular formula is C25H34FN3. The first-order valence-corrected chi connectivity index (χ1v) is 11.4. The van der Waals surface area contributed by atoms with E-state index in [1.807, 2.05) is 30.6 Å². The van der Waals surface area contributed by atoms with Crippen LogP contribution in [0.3, 0.4) is 0 Å². The maximum Gasteiger partial charge on any atom is 0.127 e. The zero-order chi connectivity index (χ0) is 19.9. The van der Waals surface area contributed by atoms with Crippen molar-refractivity contribution in [3.05, 3.63) is 65.7 Å². The van der Waals surface area contributed by atoms with Crippen LogP contribution in [0.2, 0.25) is 0 Å². The fourth-order valence-electron chi connectivity index (χ4n) is 5.19. The minimum Gasteiger partial charge on any atom is -0.300 e. The minimum atomic E-state index is -0.101. The third-order valence-corrected chi connectivity index (χ3v) is 6.64. The van der Waals surface area contributed by atoms with Crippen LogP contribution in [0.4, 0.5) is 4.39 Å². The van der Waals surface area contributed by atoms with E-state index in [9.17, 15) is 4.39 Å². The van der Waals surface area contributed by atoms with Crippen LogP contribution in [0.25, 0.3) is 0 Å². The number of aromatic nitrogens is 1. The van der Waals surface area contributed by atoms with E-state index in [-0.39, 0.29) is 5.82 Å². The molecule has 0 N–H and O–H groups in total. The second-order valence-corrected chi connectivity index (χ2v) is 8.92.